The smallest absolute Gasteiger partial charge is 0.278 e. The van der Waals surface area contributed by atoms with Gasteiger partial charge in [0.15, 0.2) is 11.5 Å². The van der Waals surface area contributed by atoms with E-state index in [0.717, 1.165) is 36.1 Å². The standard InChI is InChI=1S/C19H22FN5O/c1-11-7-8-16(14(20)9-11)25-15-6-4-5-13(15)18(23-25)19-22-17(24-26-19)10-12(2)21-3/h7-9,12,21H,4-6,10H2,1-3H3. The van der Waals surface area contributed by atoms with Gasteiger partial charge >= 0.3 is 0 Å². The Balaban J connectivity index is 1.75. The number of nitrogens with one attached hydrogen (secondary N) is 1. The van der Waals surface area contributed by atoms with Crippen LogP contribution in [0.25, 0.3) is 17.3 Å². The van der Waals surface area contributed by atoms with E-state index in [2.05, 4.69) is 27.5 Å². The molecule has 2 aromatic heterocycles. The van der Waals surface area contributed by atoms with Gasteiger partial charge in [-0.15, -0.1) is 0 Å². The Morgan fingerprint density at radius 3 is 2.96 bits per heavy atom. The van der Waals surface area contributed by atoms with Crippen LogP contribution < -0.4 is 5.32 Å². The van der Waals surface area contributed by atoms with E-state index < -0.39 is 0 Å². The molecule has 0 bridgehead atoms. The first-order valence-electron chi connectivity index (χ1n) is 8.94. The van der Waals surface area contributed by atoms with Crippen LogP contribution in [0, 0.1) is 12.7 Å². The number of halogens is 1. The Hall–Kier alpha value is -2.54. The number of benzene rings is 1. The Kier molecular flexibility index (Phi) is 4.32. The lowest BCUT2D eigenvalue weighted by Crippen LogP contribution is -2.24. The number of aromatic nitrogens is 4. The monoisotopic (exact) mass is 355 g/mol. The van der Waals surface area contributed by atoms with Crippen LogP contribution in [0.5, 0.6) is 0 Å². The van der Waals surface area contributed by atoms with Crippen LogP contribution >= 0.6 is 0 Å². The zero-order valence-corrected chi connectivity index (χ0v) is 15.2. The molecular formula is C19H22FN5O. The van der Waals surface area contributed by atoms with Crippen molar-refractivity contribution in [3.63, 3.8) is 0 Å². The van der Waals surface area contributed by atoms with Gasteiger partial charge in [-0.3, -0.25) is 0 Å². The third-order valence-electron chi connectivity index (χ3n) is 4.91. The molecular weight excluding hydrogens is 333 g/mol. The van der Waals surface area contributed by atoms with E-state index in [1.54, 1.807) is 10.7 Å². The second-order valence-electron chi connectivity index (χ2n) is 6.90. The van der Waals surface area contributed by atoms with Crippen molar-refractivity contribution < 1.29 is 8.91 Å². The summed E-state index contributed by atoms with van der Waals surface area (Å²) in [5.41, 5.74) is 4.14. The number of rotatable bonds is 5. The van der Waals surface area contributed by atoms with Crippen molar-refractivity contribution in [2.75, 3.05) is 7.05 Å². The number of likely N-dealkylation sites (N-methyl/N-ethyl adjacent to an activating group) is 1. The lowest BCUT2D eigenvalue weighted by molar-refractivity contribution is 0.416. The summed E-state index contributed by atoms with van der Waals surface area (Å²) in [5.74, 6) is 0.778. The van der Waals surface area contributed by atoms with Crippen LogP contribution in [0.1, 0.15) is 36.0 Å². The lowest BCUT2D eigenvalue weighted by Gasteiger charge is -2.07. The van der Waals surface area contributed by atoms with Crippen molar-refractivity contribution in [2.45, 2.75) is 45.6 Å². The molecule has 0 aliphatic heterocycles. The molecule has 1 N–H and O–H groups in total. The van der Waals surface area contributed by atoms with E-state index in [0.29, 0.717) is 29.5 Å². The minimum absolute atomic E-state index is 0.255. The second-order valence-corrected chi connectivity index (χ2v) is 6.90. The van der Waals surface area contributed by atoms with E-state index in [1.165, 1.54) is 6.07 Å². The first-order valence-corrected chi connectivity index (χ1v) is 8.94. The molecule has 1 aliphatic rings. The molecule has 4 rings (SSSR count). The highest BCUT2D eigenvalue weighted by molar-refractivity contribution is 5.58. The third kappa shape index (κ3) is 2.92. The average molecular weight is 355 g/mol. The highest BCUT2D eigenvalue weighted by atomic mass is 19.1. The fourth-order valence-corrected chi connectivity index (χ4v) is 3.40. The molecule has 1 aliphatic carbocycles. The van der Waals surface area contributed by atoms with Gasteiger partial charge in [0.2, 0.25) is 0 Å². The molecule has 1 unspecified atom stereocenters. The largest absolute Gasteiger partial charge is 0.332 e. The van der Waals surface area contributed by atoms with Crippen molar-refractivity contribution in [2.24, 2.45) is 0 Å². The lowest BCUT2D eigenvalue weighted by atomic mass is 10.2. The fourth-order valence-electron chi connectivity index (χ4n) is 3.40. The van der Waals surface area contributed by atoms with Gasteiger partial charge < -0.3 is 9.84 Å². The summed E-state index contributed by atoms with van der Waals surface area (Å²) in [4.78, 5) is 4.50. The molecule has 0 fully saturated rings. The molecule has 0 saturated carbocycles. The van der Waals surface area contributed by atoms with Crippen LogP contribution in [-0.2, 0) is 19.3 Å². The predicted molar refractivity (Wildman–Crippen MR) is 95.8 cm³/mol. The minimum Gasteiger partial charge on any atom is -0.332 e. The molecule has 1 aromatic carbocycles. The summed E-state index contributed by atoms with van der Waals surface area (Å²) in [6.45, 7) is 3.93. The normalized spacial score (nSPS) is 14.6. The van der Waals surface area contributed by atoms with Crippen LogP contribution in [0.15, 0.2) is 22.7 Å². The maximum atomic E-state index is 14.5. The topological polar surface area (TPSA) is 68.8 Å². The molecule has 3 aromatic rings. The van der Waals surface area contributed by atoms with Crippen molar-refractivity contribution in [1.82, 2.24) is 25.2 Å². The highest BCUT2D eigenvalue weighted by Gasteiger charge is 2.28. The fraction of sp³-hybridized carbons (Fsp3) is 0.421. The molecule has 0 radical (unpaired) electrons. The van der Waals surface area contributed by atoms with Gasteiger partial charge in [0.05, 0.1) is 0 Å². The SMILES string of the molecule is CNC(C)Cc1noc(-c2nn(-c3ccc(C)cc3F)c3c2CCC3)n1. The van der Waals surface area contributed by atoms with Crippen LogP contribution in [-0.4, -0.2) is 33.0 Å². The van der Waals surface area contributed by atoms with Crippen LogP contribution in [0.3, 0.4) is 0 Å². The van der Waals surface area contributed by atoms with Gasteiger partial charge in [-0.05, 0) is 57.9 Å². The highest BCUT2D eigenvalue weighted by Crippen LogP contribution is 2.33. The summed E-state index contributed by atoms with van der Waals surface area (Å²) in [6.07, 6.45) is 3.46. The van der Waals surface area contributed by atoms with Crippen molar-refractivity contribution in [3.05, 3.63) is 46.7 Å². The van der Waals surface area contributed by atoms with Gasteiger partial charge in [-0.2, -0.15) is 10.1 Å². The number of fused-ring (bicyclic) bond motifs is 1. The number of nitrogens with zero attached hydrogens (tertiary/aromatic N) is 4. The third-order valence-corrected chi connectivity index (χ3v) is 4.91. The Morgan fingerprint density at radius 2 is 2.19 bits per heavy atom. The van der Waals surface area contributed by atoms with Gasteiger partial charge in [-0.25, -0.2) is 9.07 Å². The minimum atomic E-state index is -0.275. The van der Waals surface area contributed by atoms with E-state index >= 15 is 0 Å². The second kappa shape index (κ2) is 6.64. The molecule has 136 valence electrons. The summed E-state index contributed by atoms with van der Waals surface area (Å²) < 4.78 is 21.6. The first kappa shape index (κ1) is 16.9. The average Bonchev–Trinajstić information content (AvgIpc) is 3.31. The quantitative estimate of drug-likeness (QED) is 0.762. The summed E-state index contributed by atoms with van der Waals surface area (Å²) in [7, 11) is 1.90. The van der Waals surface area contributed by atoms with Crippen molar-refractivity contribution in [3.8, 4) is 17.3 Å². The van der Waals surface area contributed by atoms with Crippen LogP contribution in [0.2, 0.25) is 0 Å². The molecule has 7 heteroatoms. The number of hydrogen-bond donors (Lipinski definition) is 1. The van der Waals surface area contributed by atoms with E-state index in [9.17, 15) is 4.39 Å². The zero-order valence-electron chi connectivity index (χ0n) is 15.2. The predicted octanol–water partition coefficient (Wildman–Crippen LogP) is 3.01. The maximum absolute atomic E-state index is 14.5. The summed E-state index contributed by atoms with van der Waals surface area (Å²) in [5, 5.41) is 11.9. The number of hydrogen-bond acceptors (Lipinski definition) is 5. The van der Waals surface area contributed by atoms with E-state index in [1.807, 2.05) is 20.0 Å². The molecule has 26 heavy (non-hydrogen) atoms. The molecule has 0 amide bonds. The van der Waals surface area contributed by atoms with Crippen molar-refractivity contribution in [1.29, 1.82) is 0 Å². The van der Waals surface area contributed by atoms with Gasteiger partial charge in [0.1, 0.15) is 11.5 Å². The molecule has 2 heterocycles. The Morgan fingerprint density at radius 1 is 1.35 bits per heavy atom. The zero-order chi connectivity index (χ0) is 18.3. The van der Waals surface area contributed by atoms with Gasteiger partial charge in [0, 0.05) is 23.7 Å². The van der Waals surface area contributed by atoms with Crippen molar-refractivity contribution >= 4 is 0 Å². The molecule has 0 saturated heterocycles. The van der Waals surface area contributed by atoms with Gasteiger partial charge in [-0.1, -0.05) is 11.2 Å². The first-order chi connectivity index (χ1) is 12.6. The molecule has 0 spiro atoms. The maximum Gasteiger partial charge on any atom is 0.278 e. The van der Waals surface area contributed by atoms with E-state index in [4.69, 9.17) is 4.52 Å². The van der Waals surface area contributed by atoms with Crippen LogP contribution in [0.4, 0.5) is 4.39 Å². The number of aryl methyl sites for hydroxylation is 1. The Bertz CT molecular complexity index is 946. The molecule has 1 atom stereocenters. The van der Waals surface area contributed by atoms with Gasteiger partial charge in [0.25, 0.3) is 5.89 Å². The van der Waals surface area contributed by atoms with E-state index in [-0.39, 0.29) is 11.9 Å². The summed E-state index contributed by atoms with van der Waals surface area (Å²) in [6, 6.07) is 5.45. The summed E-state index contributed by atoms with van der Waals surface area (Å²) >= 11 is 0. The Labute approximate surface area is 151 Å². The molecule has 6 nitrogen and oxygen atoms in total.